The van der Waals surface area contributed by atoms with Gasteiger partial charge in [0.1, 0.15) is 0 Å². The monoisotopic (exact) mass is 210 g/mol. The van der Waals surface area contributed by atoms with E-state index in [0.717, 1.165) is 6.07 Å². The number of hydrogen-bond donors (Lipinski definition) is 4. The van der Waals surface area contributed by atoms with Crippen LogP contribution in [-0.2, 0) is 0 Å². The SMILES string of the molecule is Cc1c(N)cc(C(=O)O)c(N)c1C(=O)O. The van der Waals surface area contributed by atoms with E-state index in [0.29, 0.717) is 0 Å². The lowest BCUT2D eigenvalue weighted by Crippen LogP contribution is -2.13. The highest BCUT2D eigenvalue weighted by Gasteiger charge is 2.20. The van der Waals surface area contributed by atoms with Crippen LogP contribution in [0.1, 0.15) is 26.3 Å². The Balaban J connectivity index is 3.63. The summed E-state index contributed by atoms with van der Waals surface area (Å²) in [6.07, 6.45) is 0. The average Bonchev–Trinajstić information content (AvgIpc) is 2.10. The van der Waals surface area contributed by atoms with Gasteiger partial charge < -0.3 is 21.7 Å². The van der Waals surface area contributed by atoms with Crippen molar-refractivity contribution in [3.63, 3.8) is 0 Å². The molecule has 0 unspecified atom stereocenters. The quantitative estimate of drug-likeness (QED) is 0.528. The third-order valence-electron chi connectivity index (χ3n) is 2.11. The fraction of sp³-hybridized carbons (Fsp3) is 0.111. The molecular formula is C9H10N2O4. The molecule has 0 bridgehead atoms. The first-order chi connectivity index (χ1) is 6.86. The molecule has 0 heterocycles. The summed E-state index contributed by atoms with van der Waals surface area (Å²) in [5.74, 6) is -2.60. The van der Waals surface area contributed by atoms with Gasteiger partial charge in [0.15, 0.2) is 0 Å². The molecule has 6 heteroatoms. The lowest BCUT2D eigenvalue weighted by atomic mass is 10.00. The van der Waals surface area contributed by atoms with Crippen molar-refractivity contribution < 1.29 is 19.8 Å². The van der Waals surface area contributed by atoms with Gasteiger partial charge in [0.05, 0.1) is 16.8 Å². The number of nitrogens with two attached hydrogens (primary N) is 2. The Morgan fingerprint density at radius 1 is 1.20 bits per heavy atom. The van der Waals surface area contributed by atoms with E-state index in [2.05, 4.69) is 0 Å². The molecule has 0 saturated heterocycles. The molecule has 1 aromatic carbocycles. The minimum absolute atomic E-state index is 0.0963. The summed E-state index contributed by atoms with van der Waals surface area (Å²) in [5.41, 5.74) is 10.5. The summed E-state index contributed by atoms with van der Waals surface area (Å²) < 4.78 is 0. The predicted molar refractivity (Wildman–Crippen MR) is 53.9 cm³/mol. The van der Waals surface area contributed by atoms with Gasteiger partial charge >= 0.3 is 11.9 Å². The van der Waals surface area contributed by atoms with Crippen LogP contribution in [0.15, 0.2) is 6.07 Å². The Bertz CT molecular complexity index is 454. The van der Waals surface area contributed by atoms with E-state index in [1.807, 2.05) is 0 Å². The maximum atomic E-state index is 10.8. The molecule has 80 valence electrons. The highest BCUT2D eigenvalue weighted by Crippen LogP contribution is 2.26. The highest BCUT2D eigenvalue weighted by atomic mass is 16.4. The van der Waals surface area contributed by atoms with E-state index >= 15 is 0 Å². The van der Waals surface area contributed by atoms with Crippen LogP contribution in [-0.4, -0.2) is 22.2 Å². The number of nitrogen functional groups attached to an aromatic ring is 2. The van der Waals surface area contributed by atoms with Crippen molar-refractivity contribution in [2.24, 2.45) is 0 Å². The lowest BCUT2D eigenvalue weighted by molar-refractivity contribution is 0.0695. The third kappa shape index (κ3) is 1.69. The van der Waals surface area contributed by atoms with E-state index in [9.17, 15) is 9.59 Å². The van der Waals surface area contributed by atoms with Crippen LogP contribution >= 0.6 is 0 Å². The van der Waals surface area contributed by atoms with Gasteiger partial charge in [0.2, 0.25) is 0 Å². The normalized spacial score (nSPS) is 9.93. The van der Waals surface area contributed by atoms with Crippen molar-refractivity contribution in [1.82, 2.24) is 0 Å². The summed E-state index contributed by atoms with van der Waals surface area (Å²) >= 11 is 0. The number of hydrogen-bond acceptors (Lipinski definition) is 4. The average molecular weight is 210 g/mol. The van der Waals surface area contributed by atoms with Crippen molar-refractivity contribution >= 4 is 23.3 Å². The van der Waals surface area contributed by atoms with Gasteiger partial charge in [-0.3, -0.25) is 0 Å². The minimum atomic E-state index is -1.30. The Morgan fingerprint density at radius 3 is 2.13 bits per heavy atom. The number of carboxylic acid groups (broad SMARTS) is 2. The second kappa shape index (κ2) is 3.49. The molecule has 1 rings (SSSR count). The number of carbonyl (C=O) groups is 2. The molecule has 6 N–H and O–H groups in total. The lowest BCUT2D eigenvalue weighted by Gasteiger charge is -2.10. The topological polar surface area (TPSA) is 127 Å². The van der Waals surface area contributed by atoms with E-state index < -0.39 is 11.9 Å². The summed E-state index contributed by atoms with van der Waals surface area (Å²) in [4.78, 5) is 21.6. The van der Waals surface area contributed by atoms with Crippen LogP contribution < -0.4 is 11.5 Å². The summed E-state index contributed by atoms with van der Waals surface area (Å²) in [6.45, 7) is 1.47. The predicted octanol–water partition coefficient (Wildman–Crippen LogP) is 0.556. The van der Waals surface area contributed by atoms with Crippen molar-refractivity contribution in [1.29, 1.82) is 0 Å². The summed E-state index contributed by atoms with van der Waals surface area (Å²) in [5, 5.41) is 17.6. The van der Waals surface area contributed by atoms with E-state index in [-0.39, 0.29) is 28.1 Å². The van der Waals surface area contributed by atoms with Crippen molar-refractivity contribution in [3.8, 4) is 0 Å². The van der Waals surface area contributed by atoms with Gasteiger partial charge in [-0.15, -0.1) is 0 Å². The third-order valence-corrected chi connectivity index (χ3v) is 2.11. The van der Waals surface area contributed by atoms with Crippen molar-refractivity contribution in [2.75, 3.05) is 11.5 Å². The molecule has 0 saturated carbocycles. The standard InChI is InChI=1S/C9H10N2O4/c1-3-5(10)2-4(8(12)13)7(11)6(3)9(14)15/h2H,10-11H2,1H3,(H,12,13)(H,14,15). The zero-order valence-corrected chi connectivity index (χ0v) is 7.94. The summed E-state index contributed by atoms with van der Waals surface area (Å²) in [7, 11) is 0. The van der Waals surface area contributed by atoms with Gasteiger partial charge in [-0.25, -0.2) is 9.59 Å². The molecular weight excluding hydrogens is 200 g/mol. The zero-order valence-electron chi connectivity index (χ0n) is 7.94. The smallest absolute Gasteiger partial charge is 0.338 e. The molecule has 0 aliphatic carbocycles. The van der Waals surface area contributed by atoms with Crippen LogP contribution in [0.2, 0.25) is 0 Å². The first-order valence-corrected chi connectivity index (χ1v) is 4.01. The maximum absolute atomic E-state index is 10.8. The van der Waals surface area contributed by atoms with Gasteiger partial charge in [0, 0.05) is 5.69 Å². The minimum Gasteiger partial charge on any atom is -0.478 e. The van der Waals surface area contributed by atoms with Gasteiger partial charge in [0.25, 0.3) is 0 Å². The molecule has 15 heavy (non-hydrogen) atoms. The molecule has 0 aliphatic heterocycles. The Labute approximate surface area is 85.1 Å². The zero-order chi connectivity index (χ0) is 11.7. The molecule has 0 fully saturated rings. The molecule has 0 aliphatic rings. The number of benzene rings is 1. The van der Waals surface area contributed by atoms with Crippen molar-refractivity contribution in [2.45, 2.75) is 6.92 Å². The van der Waals surface area contributed by atoms with Crippen LogP contribution in [0.5, 0.6) is 0 Å². The molecule has 0 radical (unpaired) electrons. The first-order valence-electron chi connectivity index (χ1n) is 4.01. The number of carboxylic acids is 2. The Morgan fingerprint density at radius 2 is 1.73 bits per heavy atom. The van der Waals surface area contributed by atoms with Crippen molar-refractivity contribution in [3.05, 3.63) is 22.8 Å². The van der Waals surface area contributed by atoms with E-state index in [1.54, 1.807) is 0 Å². The number of aromatic carboxylic acids is 2. The van der Waals surface area contributed by atoms with Crippen LogP contribution in [0.3, 0.4) is 0 Å². The van der Waals surface area contributed by atoms with Gasteiger partial charge in [-0.2, -0.15) is 0 Å². The number of anilines is 2. The summed E-state index contributed by atoms with van der Waals surface area (Å²) in [6, 6.07) is 1.15. The first kappa shape index (κ1) is 10.8. The Hall–Kier alpha value is -2.24. The largest absolute Gasteiger partial charge is 0.478 e. The van der Waals surface area contributed by atoms with Gasteiger partial charge in [-0.05, 0) is 18.6 Å². The number of rotatable bonds is 2. The second-order valence-corrected chi connectivity index (χ2v) is 3.04. The molecule has 0 atom stereocenters. The molecule has 6 nitrogen and oxygen atoms in total. The molecule has 0 aromatic heterocycles. The van der Waals surface area contributed by atoms with Crippen LogP contribution in [0.25, 0.3) is 0 Å². The molecule has 0 amide bonds. The van der Waals surface area contributed by atoms with Crippen LogP contribution in [0.4, 0.5) is 11.4 Å². The van der Waals surface area contributed by atoms with E-state index in [1.165, 1.54) is 6.92 Å². The van der Waals surface area contributed by atoms with Gasteiger partial charge in [-0.1, -0.05) is 0 Å². The molecule has 0 spiro atoms. The van der Waals surface area contributed by atoms with Crippen LogP contribution in [0, 0.1) is 6.92 Å². The molecule has 1 aromatic rings. The fourth-order valence-corrected chi connectivity index (χ4v) is 1.28. The highest BCUT2D eigenvalue weighted by molar-refractivity contribution is 6.05. The second-order valence-electron chi connectivity index (χ2n) is 3.04. The fourth-order valence-electron chi connectivity index (χ4n) is 1.28. The maximum Gasteiger partial charge on any atom is 0.338 e. The van der Waals surface area contributed by atoms with E-state index in [4.69, 9.17) is 21.7 Å². The Kier molecular flexibility index (Phi) is 2.52.